The highest BCUT2D eigenvalue weighted by Gasteiger charge is 2.32. The molecule has 3 rings (SSSR count). The van der Waals surface area contributed by atoms with Crippen LogP contribution in [0.25, 0.3) is 10.8 Å². The van der Waals surface area contributed by atoms with Crippen LogP contribution in [-0.4, -0.2) is 58.9 Å². The minimum absolute atomic E-state index is 0.0799. The van der Waals surface area contributed by atoms with Crippen LogP contribution >= 0.6 is 0 Å². The summed E-state index contributed by atoms with van der Waals surface area (Å²) in [5, 5.41) is 10.6. The predicted octanol–water partition coefficient (Wildman–Crippen LogP) is 2.06. The molecule has 0 saturated heterocycles. The molecule has 1 aliphatic rings. The molecule has 0 fully saturated rings. The van der Waals surface area contributed by atoms with E-state index in [1.165, 1.54) is 4.90 Å². The first-order valence-electron chi connectivity index (χ1n) is 8.85. The first kappa shape index (κ1) is 18.1. The van der Waals surface area contributed by atoms with Gasteiger partial charge in [-0.2, -0.15) is 0 Å². The summed E-state index contributed by atoms with van der Waals surface area (Å²) in [5.74, 6) is -0.704. The Morgan fingerprint density at radius 2 is 1.69 bits per heavy atom. The number of hydrogen-bond acceptors (Lipinski definition) is 4. The number of carbonyl (C=O) groups is 3. The number of carbonyl (C=O) groups excluding carboxylic acids is 3. The number of likely N-dealkylation sites (N-methyl/N-ethyl adjacent to an activating group) is 1. The standard InChI is InChI=1S/C20H22N2O4/c1-2-21(12-13-23)17(24)10-5-11-22-19(25)15-8-3-6-14-7-4-9-16(18(14)15)20(22)26/h3-4,6-9,23H,2,5,10-13H2,1H3. The molecule has 136 valence electrons. The van der Waals surface area contributed by atoms with E-state index in [9.17, 15) is 14.4 Å². The van der Waals surface area contributed by atoms with Crippen molar-refractivity contribution in [3.63, 3.8) is 0 Å². The Labute approximate surface area is 152 Å². The van der Waals surface area contributed by atoms with Crippen LogP contribution < -0.4 is 0 Å². The van der Waals surface area contributed by atoms with Gasteiger partial charge < -0.3 is 10.0 Å². The minimum atomic E-state index is -0.311. The van der Waals surface area contributed by atoms with Crippen LogP contribution in [0.2, 0.25) is 0 Å². The lowest BCUT2D eigenvalue weighted by atomic mass is 9.94. The second kappa shape index (κ2) is 7.66. The summed E-state index contributed by atoms with van der Waals surface area (Å²) in [6.07, 6.45) is 0.632. The molecule has 0 spiro atoms. The lowest BCUT2D eigenvalue weighted by molar-refractivity contribution is -0.131. The molecule has 3 amide bonds. The molecule has 2 aromatic carbocycles. The first-order valence-corrected chi connectivity index (χ1v) is 8.85. The molecule has 0 aliphatic carbocycles. The van der Waals surface area contributed by atoms with Gasteiger partial charge in [-0.3, -0.25) is 19.3 Å². The molecule has 0 saturated carbocycles. The number of nitrogens with zero attached hydrogens (tertiary/aromatic N) is 2. The van der Waals surface area contributed by atoms with E-state index in [0.717, 1.165) is 5.39 Å². The van der Waals surface area contributed by atoms with Crippen molar-refractivity contribution in [1.29, 1.82) is 0 Å². The molecule has 26 heavy (non-hydrogen) atoms. The van der Waals surface area contributed by atoms with Gasteiger partial charge in [-0.25, -0.2) is 0 Å². The Morgan fingerprint density at radius 1 is 1.08 bits per heavy atom. The number of imide groups is 1. The van der Waals surface area contributed by atoms with E-state index in [0.29, 0.717) is 36.0 Å². The van der Waals surface area contributed by atoms with Crippen molar-refractivity contribution < 1.29 is 19.5 Å². The molecule has 0 unspecified atom stereocenters. The van der Waals surface area contributed by atoms with Crippen LogP contribution in [0.4, 0.5) is 0 Å². The topological polar surface area (TPSA) is 77.9 Å². The molecule has 6 heteroatoms. The molecule has 0 aromatic heterocycles. The van der Waals surface area contributed by atoms with E-state index in [2.05, 4.69) is 0 Å². The van der Waals surface area contributed by atoms with Crippen LogP contribution in [0, 0.1) is 0 Å². The van der Waals surface area contributed by atoms with Gasteiger partial charge in [-0.05, 0) is 30.9 Å². The van der Waals surface area contributed by atoms with Crippen molar-refractivity contribution in [3.05, 3.63) is 47.5 Å². The fourth-order valence-corrected chi connectivity index (χ4v) is 3.41. The molecular formula is C20H22N2O4. The zero-order valence-corrected chi connectivity index (χ0v) is 14.8. The number of rotatable bonds is 7. The molecule has 2 aromatic rings. The van der Waals surface area contributed by atoms with Crippen molar-refractivity contribution in [2.45, 2.75) is 19.8 Å². The maximum absolute atomic E-state index is 12.8. The van der Waals surface area contributed by atoms with Gasteiger partial charge in [-0.15, -0.1) is 0 Å². The van der Waals surface area contributed by atoms with E-state index in [-0.39, 0.29) is 37.3 Å². The number of benzene rings is 2. The highest BCUT2D eigenvalue weighted by atomic mass is 16.3. The molecule has 0 atom stereocenters. The largest absolute Gasteiger partial charge is 0.395 e. The van der Waals surface area contributed by atoms with Crippen LogP contribution in [0.1, 0.15) is 40.5 Å². The zero-order valence-electron chi connectivity index (χ0n) is 14.8. The van der Waals surface area contributed by atoms with Crippen molar-refractivity contribution in [3.8, 4) is 0 Å². The van der Waals surface area contributed by atoms with Crippen LogP contribution in [0.15, 0.2) is 36.4 Å². The Morgan fingerprint density at radius 3 is 2.23 bits per heavy atom. The van der Waals surface area contributed by atoms with Crippen molar-refractivity contribution in [2.75, 3.05) is 26.2 Å². The van der Waals surface area contributed by atoms with Gasteiger partial charge in [0.2, 0.25) is 5.91 Å². The van der Waals surface area contributed by atoms with Crippen LogP contribution in [-0.2, 0) is 4.79 Å². The summed E-state index contributed by atoms with van der Waals surface area (Å²) in [6.45, 7) is 2.79. The summed E-state index contributed by atoms with van der Waals surface area (Å²) < 4.78 is 0. The third kappa shape index (κ3) is 3.20. The summed E-state index contributed by atoms with van der Waals surface area (Å²) in [6, 6.07) is 10.9. The van der Waals surface area contributed by atoms with Gasteiger partial charge in [-0.1, -0.05) is 24.3 Å². The van der Waals surface area contributed by atoms with Crippen LogP contribution in [0.3, 0.4) is 0 Å². The third-order valence-corrected chi connectivity index (χ3v) is 4.73. The van der Waals surface area contributed by atoms with E-state index in [1.54, 1.807) is 17.0 Å². The Balaban J connectivity index is 1.74. The summed E-state index contributed by atoms with van der Waals surface area (Å²) in [4.78, 5) is 40.5. The fourth-order valence-electron chi connectivity index (χ4n) is 3.41. The number of amides is 3. The maximum Gasteiger partial charge on any atom is 0.261 e. The van der Waals surface area contributed by atoms with Crippen molar-refractivity contribution in [1.82, 2.24) is 9.80 Å². The summed E-state index contributed by atoms with van der Waals surface area (Å²) >= 11 is 0. The average Bonchev–Trinajstić information content (AvgIpc) is 2.66. The Hall–Kier alpha value is -2.73. The fraction of sp³-hybridized carbons (Fsp3) is 0.350. The van der Waals surface area contributed by atoms with E-state index >= 15 is 0 Å². The molecule has 6 nitrogen and oxygen atoms in total. The van der Waals surface area contributed by atoms with E-state index in [1.807, 2.05) is 31.2 Å². The smallest absolute Gasteiger partial charge is 0.261 e. The first-order chi connectivity index (χ1) is 12.6. The molecular weight excluding hydrogens is 332 g/mol. The molecule has 0 bridgehead atoms. The van der Waals surface area contributed by atoms with Crippen LogP contribution in [0.5, 0.6) is 0 Å². The van der Waals surface area contributed by atoms with E-state index < -0.39 is 0 Å². The Bertz CT molecular complexity index is 811. The second-order valence-electron chi connectivity index (χ2n) is 6.27. The lowest BCUT2D eigenvalue weighted by Crippen LogP contribution is -2.41. The lowest BCUT2D eigenvalue weighted by Gasteiger charge is -2.27. The molecule has 1 aliphatic heterocycles. The van der Waals surface area contributed by atoms with Gasteiger partial charge in [0.15, 0.2) is 0 Å². The van der Waals surface area contributed by atoms with Crippen molar-refractivity contribution >= 4 is 28.5 Å². The second-order valence-corrected chi connectivity index (χ2v) is 6.27. The summed E-state index contributed by atoms with van der Waals surface area (Å²) in [7, 11) is 0. The summed E-state index contributed by atoms with van der Waals surface area (Å²) in [5.41, 5.74) is 1.05. The average molecular weight is 354 g/mol. The quantitative estimate of drug-likeness (QED) is 0.772. The van der Waals surface area contributed by atoms with Gasteiger partial charge >= 0.3 is 0 Å². The van der Waals surface area contributed by atoms with Gasteiger partial charge in [0, 0.05) is 42.6 Å². The monoisotopic (exact) mass is 354 g/mol. The Kier molecular flexibility index (Phi) is 5.32. The SMILES string of the molecule is CCN(CCO)C(=O)CCCN1C(=O)c2cccc3cccc(c23)C1=O. The molecule has 1 N–H and O–H groups in total. The highest BCUT2D eigenvalue weighted by molar-refractivity contribution is 6.25. The minimum Gasteiger partial charge on any atom is -0.395 e. The highest BCUT2D eigenvalue weighted by Crippen LogP contribution is 2.30. The van der Waals surface area contributed by atoms with Crippen molar-refractivity contribution in [2.24, 2.45) is 0 Å². The zero-order chi connectivity index (χ0) is 18.7. The normalized spacial score (nSPS) is 13.4. The molecule has 0 radical (unpaired) electrons. The third-order valence-electron chi connectivity index (χ3n) is 4.73. The predicted molar refractivity (Wildman–Crippen MR) is 97.9 cm³/mol. The number of hydrogen-bond donors (Lipinski definition) is 1. The van der Waals surface area contributed by atoms with Gasteiger partial charge in [0.25, 0.3) is 11.8 Å². The number of aliphatic hydroxyl groups excluding tert-OH is 1. The maximum atomic E-state index is 12.8. The van der Waals surface area contributed by atoms with Gasteiger partial charge in [0.1, 0.15) is 0 Å². The molecule has 1 heterocycles. The number of aliphatic hydroxyl groups is 1. The van der Waals surface area contributed by atoms with E-state index in [4.69, 9.17) is 5.11 Å². The van der Waals surface area contributed by atoms with Gasteiger partial charge in [0.05, 0.1) is 6.61 Å².